The van der Waals surface area contributed by atoms with E-state index in [9.17, 15) is 9.59 Å². The third-order valence-electron chi connectivity index (χ3n) is 3.23. The topological polar surface area (TPSA) is 92.2 Å². The first-order valence-electron chi connectivity index (χ1n) is 6.30. The van der Waals surface area contributed by atoms with E-state index in [0.29, 0.717) is 28.8 Å². The van der Waals surface area contributed by atoms with Gasteiger partial charge in [0.15, 0.2) is 0 Å². The van der Waals surface area contributed by atoms with Crippen LogP contribution in [0, 0.1) is 11.3 Å². The molecule has 6 heteroatoms. The van der Waals surface area contributed by atoms with Gasteiger partial charge in [-0.15, -0.1) is 0 Å². The van der Waals surface area contributed by atoms with Crippen LogP contribution in [-0.4, -0.2) is 31.1 Å². The Balaban J connectivity index is 2.52. The number of nitrogens with one attached hydrogen (secondary N) is 1. The van der Waals surface area contributed by atoms with Crippen LogP contribution in [0.5, 0.6) is 0 Å². The van der Waals surface area contributed by atoms with Gasteiger partial charge in [-0.05, 0) is 30.2 Å². The van der Waals surface area contributed by atoms with Crippen molar-refractivity contribution in [2.75, 3.05) is 14.2 Å². The fourth-order valence-corrected chi connectivity index (χ4v) is 2.18. The van der Waals surface area contributed by atoms with Crippen molar-refractivity contribution in [2.24, 2.45) is 0 Å². The molecule has 0 aliphatic heterocycles. The first-order chi connectivity index (χ1) is 10.1. The highest BCUT2D eigenvalue weighted by Crippen LogP contribution is 2.25. The number of aryl methyl sites for hydroxylation is 1. The van der Waals surface area contributed by atoms with Crippen molar-refractivity contribution in [3.8, 4) is 6.07 Å². The molecule has 1 aromatic carbocycles. The maximum absolute atomic E-state index is 11.8. The SMILES string of the molecule is COC(=O)CCc1c(C(=O)OC)[nH]c2ccc(C#N)cc12. The summed E-state index contributed by atoms with van der Waals surface area (Å²) in [5, 5.41) is 9.71. The largest absolute Gasteiger partial charge is 0.469 e. The van der Waals surface area contributed by atoms with Gasteiger partial charge in [0.25, 0.3) is 0 Å². The van der Waals surface area contributed by atoms with Crippen LogP contribution >= 0.6 is 0 Å². The molecule has 0 radical (unpaired) electrons. The summed E-state index contributed by atoms with van der Waals surface area (Å²) in [6.45, 7) is 0. The fourth-order valence-electron chi connectivity index (χ4n) is 2.18. The van der Waals surface area contributed by atoms with Crippen molar-refractivity contribution >= 4 is 22.8 Å². The van der Waals surface area contributed by atoms with Gasteiger partial charge in [0.2, 0.25) is 0 Å². The summed E-state index contributed by atoms with van der Waals surface area (Å²) in [4.78, 5) is 26.1. The van der Waals surface area contributed by atoms with Gasteiger partial charge in [-0.1, -0.05) is 0 Å². The molecule has 0 bridgehead atoms. The number of rotatable bonds is 4. The predicted molar refractivity (Wildman–Crippen MR) is 74.7 cm³/mol. The number of benzene rings is 1. The number of carbonyl (C=O) groups excluding carboxylic acids is 2. The first-order valence-corrected chi connectivity index (χ1v) is 6.30. The zero-order valence-electron chi connectivity index (χ0n) is 11.7. The molecule has 1 aromatic heterocycles. The molecule has 0 fully saturated rings. The second kappa shape index (κ2) is 6.09. The quantitative estimate of drug-likeness (QED) is 0.867. The van der Waals surface area contributed by atoms with Gasteiger partial charge in [0, 0.05) is 17.3 Å². The summed E-state index contributed by atoms with van der Waals surface area (Å²) >= 11 is 0. The number of aromatic nitrogens is 1. The Morgan fingerprint density at radius 1 is 1.29 bits per heavy atom. The minimum absolute atomic E-state index is 0.143. The average molecular weight is 286 g/mol. The molecule has 0 atom stereocenters. The van der Waals surface area contributed by atoms with Gasteiger partial charge in [0.1, 0.15) is 5.69 Å². The summed E-state index contributed by atoms with van der Waals surface area (Å²) < 4.78 is 9.36. The number of H-pyrrole nitrogens is 1. The molecule has 21 heavy (non-hydrogen) atoms. The van der Waals surface area contributed by atoms with E-state index in [0.717, 1.165) is 5.39 Å². The van der Waals surface area contributed by atoms with Crippen LogP contribution in [0.3, 0.4) is 0 Å². The van der Waals surface area contributed by atoms with Gasteiger partial charge < -0.3 is 14.5 Å². The Kier molecular flexibility index (Phi) is 4.24. The van der Waals surface area contributed by atoms with E-state index in [2.05, 4.69) is 15.8 Å². The second-order valence-electron chi connectivity index (χ2n) is 4.42. The Morgan fingerprint density at radius 2 is 2.05 bits per heavy atom. The van der Waals surface area contributed by atoms with Crippen molar-refractivity contribution < 1.29 is 19.1 Å². The summed E-state index contributed by atoms with van der Waals surface area (Å²) in [5.41, 5.74) is 2.15. The predicted octanol–water partition coefficient (Wildman–Crippen LogP) is 1.93. The van der Waals surface area contributed by atoms with Crippen molar-refractivity contribution in [3.63, 3.8) is 0 Å². The molecule has 108 valence electrons. The van der Waals surface area contributed by atoms with Crippen LogP contribution in [0.15, 0.2) is 18.2 Å². The number of nitrogens with zero attached hydrogens (tertiary/aromatic N) is 1. The Bertz CT molecular complexity index is 740. The smallest absolute Gasteiger partial charge is 0.354 e. The van der Waals surface area contributed by atoms with Gasteiger partial charge in [-0.25, -0.2) is 4.79 Å². The molecular formula is C15H14N2O4. The lowest BCUT2D eigenvalue weighted by atomic mass is 10.0. The standard InChI is InChI=1S/C15H14N2O4/c1-20-13(18)6-4-10-11-7-9(8-16)3-5-12(11)17-14(10)15(19)21-2/h3,5,7,17H,4,6H2,1-2H3. The van der Waals surface area contributed by atoms with E-state index < -0.39 is 5.97 Å². The average Bonchev–Trinajstić information content (AvgIpc) is 2.89. The number of hydrogen-bond donors (Lipinski definition) is 1. The zero-order valence-corrected chi connectivity index (χ0v) is 11.7. The molecule has 1 N–H and O–H groups in total. The third-order valence-corrected chi connectivity index (χ3v) is 3.23. The molecule has 2 rings (SSSR count). The van der Waals surface area contributed by atoms with E-state index in [-0.39, 0.29) is 12.4 Å². The molecule has 1 heterocycles. The summed E-state index contributed by atoms with van der Waals surface area (Å²) in [6.07, 6.45) is 0.468. The third kappa shape index (κ3) is 2.87. The van der Waals surface area contributed by atoms with Gasteiger partial charge in [-0.2, -0.15) is 5.26 Å². The monoisotopic (exact) mass is 286 g/mol. The first kappa shape index (κ1) is 14.6. The Hall–Kier alpha value is -2.81. The van der Waals surface area contributed by atoms with Crippen LogP contribution in [0.2, 0.25) is 0 Å². The normalized spacial score (nSPS) is 10.1. The molecule has 0 amide bonds. The summed E-state index contributed by atoms with van der Waals surface area (Å²) in [5.74, 6) is -0.874. The van der Waals surface area contributed by atoms with E-state index in [1.54, 1.807) is 18.2 Å². The molecule has 6 nitrogen and oxygen atoms in total. The maximum atomic E-state index is 11.8. The van der Waals surface area contributed by atoms with Crippen molar-refractivity contribution in [3.05, 3.63) is 35.0 Å². The van der Waals surface area contributed by atoms with Crippen molar-refractivity contribution in [1.82, 2.24) is 4.98 Å². The fraction of sp³-hybridized carbons (Fsp3) is 0.267. The lowest BCUT2D eigenvalue weighted by molar-refractivity contribution is -0.140. The number of nitriles is 1. The number of aromatic amines is 1. The highest BCUT2D eigenvalue weighted by Gasteiger charge is 2.19. The van der Waals surface area contributed by atoms with Crippen LogP contribution in [0.25, 0.3) is 10.9 Å². The molecule has 0 unspecified atom stereocenters. The van der Waals surface area contributed by atoms with Crippen LogP contribution in [0.4, 0.5) is 0 Å². The van der Waals surface area contributed by atoms with Crippen LogP contribution < -0.4 is 0 Å². The van der Waals surface area contributed by atoms with E-state index in [1.807, 2.05) is 0 Å². The van der Waals surface area contributed by atoms with E-state index >= 15 is 0 Å². The van der Waals surface area contributed by atoms with Gasteiger partial charge in [0.05, 0.1) is 25.9 Å². The molecule has 0 aliphatic carbocycles. The highest BCUT2D eigenvalue weighted by atomic mass is 16.5. The number of carbonyl (C=O) groups is 2. The zero-order chi connectivity index (χ0) is 15.4. The number of methoxy groups -OCH3 is 2. The Morgan fingerprint density at radius 3 is 2.67 bits per heavy atom. The molecule has 2 aromatic rings. The van der Waals surface area contributed by atoms with Crippen molar-refractivity contribution in [1.29, 1.82) is 5.26 Å². The number of fused-ring (bicyclic) bond motifs is 1. The highest BCUT2D eigenvalue weighted by molar-refractivity contribution is 5.98. The lowest BCUT2D eigenvalue weighted by Gasteiger charge is -2.03. The minimum Gasteiger partial charge on any atom is -0.469 e. The van der Waals surface area contributed by atoms with Crippen LogP contribution in [-0.2, 0) is 20.7 Å². The summed E-state index contributed by atoms with van der Waals surface area (Å²) in [6, 6.07) is 7.12. The molecular weight excluding hydrogens is 272 g/mol. The number of ether oxygens (including phenoxy) is 2. The lowest BCUT2D eigenvalue weighted by Crippen LogP contribution is -2.07. The minimum atomic E-state index is -0.510. The van der Waals surface area contributed by atoms with Gasteiger partial charge in [-0.3, -0.25) is 4.79 Å². The van der Waals surface area contributed by atoms with Crippen molar-refractivity contribution in [2.45, 2.75) is 12.8 Å². The molecule has 0 spiro atoms. The summed E-state index contributed by atoms with van der Waals surface area (Å²) in [7, 11) is 2.60. The maximum Gasteiger partial charge on any atom is 0.354 e. The molecule has 0 aliphatic rings. The molecule has 0 saturated heterocycles. The number of hydrogen-bond acceptors (Lipinski definition) is 5. The van der Waals surface area contributed by atoms with Gasteiger partial charge >= 0.3 is 11.9 Å². The van der Waals surface area contributed by atoms with Crippen LogP contribution in [0.1, 0.15) is 28.0 Å². The van der Waals surface area contributed by atoms with E-state index in [1.165, 1.54) is 14.2 Å². The molecule has 0 saturated carbocycles. The number of esters is 2. The van der Waals surface area contributed by atoms with E-state index in [4.69, 9.17) is 10.00 Å². The second-order valence-corrected chi connectivity index (χ2v) is 4.42. The Labute approximate surface area is 121 Å².